The number of hydrogen-bond donors (Lipinski definition) is 2. The van der Waals surface area contributed by atoms with Gasteiger partial charge < -0.3 is 24.5 Å². The van der Waals surface area contributed by atoms with Crippen LogP contribution < -0.4 is 10.1 Å². The zero-order valence-electron chi connectivity index (χ0n) is 17.7. The molecular formula is C23H23ClN2O5. The van der Waals surface area contributed by atoms with Crippen molar-refractivity contribution in [2.45, 2.75) is 19.4 Å². The van der Waals surface area contributed by atoms with E-state index in [2.05, 4.69) is 5.32 Å². The third-order valence-electron chi connectivity index (χ3n) is 5.97. The Bertz CT molecular complexity index is 1230. The van der Waals surface area contributed by atoms with E-state index in [4.69, 9.17) is 21.1 Å². The lowest BCUT2D eigenvalue weighted by Gasteiger charge is -2.43. The molecule has 162 valence electrons. The predicted octanol–water partition coefficient (Wildman–Crippen LogP) is 3.81. The van der Waals surface area contributed by atoms with E-state index in [1.807, 2.05) is 19.9 Å². The average molecular weight is 443 g/mol. The first-order valence-corrected chi connectivity index (χ1v) is 10.1. The number of amides is 1. The van der Waals surface area contributed by atoms with Gasteiger partial charge in [-0.1, -0.05) is 17.7 Å². The first-order chi connectivity index (χ1) is 14.7. The van der Waals surface area contributed by atoms with Crippen LogP contribution in [0.3, 0.4) is 0 Å². The van der Waals surface area contributed by atoms with Gasteiger partial charge in [-0.2, -0.15) is 0 Å². The Morgan fingerprint density at radius 2 is 1.94 bits per heavy atom. The van der Waals surface area contributed by atoms with Crippen LogP contribution in [0.4, 0.5) is 0 Å². The van der Waals surface area contributed by atoms with E-state index < -0.39 is 11.5 Å². The van der Waals surface area contributed by atoms with E-state index in [-0.39, 0.29) is 11.5 Å². The molecule has 3 aromatic rings. The molecule has 1 aliphatic rings. The topological polar surface area (TPSA) is 89.8 Å². The van der Waals surface area contributed by atoms with Gasteiger partial charge in [0.2, 0.25) is 0 Å². The Morgan fingerprint density at radius 3 is 2.48 bits per heavy atom. The number of fused-ring (bicyclic) bond motifs is 1. The standard InChI is InChI=1S/C23H23ClN2O5/c1-12-7-14(22(28)29)5-6-16(12)23(10-31-11-23)25-21(27)18-8-15-17(26(18)3)9-19(30-4)13(2)20(15)24/h5-9H,10-11H2,1-4H3,(H,25,27)(H,28,29). The fourth-order valence-electron chi connectivity index (χ4n) is 4.16. The summed E-state index contributed by atoms with van der Waals surface area (Å²) in [6.45, 7) is 4.32. The van der Waals surface area contributed by atoms with Crippen molar-refractivity contribution >= 4 is 34.4 Å². The Morgan fingerprint density at radius 1 is 1.23 bits per heavy atom. The lowest BCUT2D eigenvalue weighted by molar-refractivity contribution is -0.0737. The van der Waals surface area contributed by atoms with E-state index >= 15 is 0 Å². The molecule has 1 aromatic heterocycles. The molecule has 1 fully saturated rings. The summed E-state index contributed by atoms with van der Waals surface area (Å²) in [5.41, 5.74) is 3.17. The quantitative estimate of drug-likeness (QED) is 0.627. The minimum atomic E-state index is -0.990. The zero-order valence-corrected chi connectivity index (χ0v) is 18.5. The van der Waals surface area contributed by atoms with Crippen LogP contribution in [0.25, 0.3) is 10.9 Å². The smallest absolute Gasteiger partial charge is 0.335 e. The Balaban J connectivity index is 1.72. The summed E-state index contributed by atoms with van der Waals surface area (Å²) in [5.74, 6) is -0.601. The molecule has 4 rings (SSSR count). The SMILES string of the molecule is COc1cc2c(cc(C(=O)NC3(c4ccc(C(=O)O)cc4C)COC3)n2C)c(Cl)c1C. The van der Waals surface area contributed by atoms with Crippen LogP contribution in [0.2, 0.25) is 5.02 Å². The van der Waals surface area contributed by atoms with Crippen molar-refractivity contribution in [1.29, 1.82) is 0 Å². The molecule has 2 aromatic carbocycles. The molecule has 31 heavy (non-hydrogen) atoms. The second-order valence-electron chi connectivity index (χ2n) is 7.90. The summed E-state index contributed by atoms with van der Waals surface area (Å²) in [4.78, 5) is 24.6. The molecule has 0 bridgehead atoms. The lowest BCUT2D eigenvalue weighted by atomic mass is 9.84. The van der Waals surface area contributed by atoms with Gasteiger partial charge in [0.05, 0.1) is 36.4 Å². The Labute approximate surface area is 184 Å². The molecule has 1 aliphatic heterocycles. The highest BCUT2D eigenvalue weighted by atomic mass is 35.5. The molecule has 0 unspecified atom stereocenters. The van der Waals surface area contributed by atoms with E-state index in [1.54, 1.807) is 43.0 Å². The molecule has 7 nitrogen and oxygen atoms in total. The minimum absolute atomic E-state index is 0.204. The summed E-state index contributed by atoms with van der Waals surface area (Å²) in [6, 6.07) is 8.53. The largest absolute Gasteiger partial charge is 0.496 e. The number of halogens is 1. The van der Waals surface area contributed by atoms with Crippen molar-refractivity contribution in [2.75, 3.05) is 20.3 Å². The van der Waals surface area contributed by atoms with Crippen LogP contribution in [-0.4, -0.2) is 41.9 Å². The average Bonchev–Trinajstić information content (AvgIpc) is 3.04. The van der Waals surface area contributed by atoms with Crippen molar-refractivity contribution in [3.8, 4) is 5.75 Å². The molecule has 0 aliphatic carbocycles. The third-order valence-corrected chi connectivity index (χ3v) is 6.46. The number of nitrogens with one attached hydrogen (secondary N) is 1. The fraction of sp³-hybridized carbons (Fsp3) is 0.304. The number of carbonyl (C=O) groups excluding carboxylic acids is 1. The van der Waals surface area contributed by atoms with E-state index in [1.165, 1.54) is 0 Å². The van der Waals surface area contributed by atoms with Crippen molar-refractivity contribution in [2.24, 2.45) is 7.05 Å². The van der Waals surface area contributed by atoms with E-state index in [0.717, 1.165) is 27.6 Å². The van der Waals surface area contributed by atoms with Crippen LogP contribution in [0.15, 0.2) is 30.3 Å². The first-order valence-electron chi connectivity index (χ1n) is 9.75. The molecule has 1 saturated heterocycles. The number of aromatic nitrogens is 1. The second-order valence-corrected chi connectivity index (χ2v) is 8.28. The van der Waals surface area contributed by atoms with Crippen molar-refractivity contribution in [3.63, 3.8) is 0 Å². The number of benzene rings is 2. The highest BCUT2D eigenvalue weighted by molar-refractivity contribution is 6.36. The third kappa shape index (κ3) is 3.34. The van der Waals surface area contributed by atoms with Gasteiger partial charge in [0, 0.05) is 24.1 Å². The van der Waals surface area contributed by atoms with Gasteiger partial charge in [-0.05, 0) is 43.2 Å². The second kappa shape index (κ2) is 7.59. The summed E-state index contributed by atoms with van der Waals surface area (Å²) >= 11 is 6.54. The molecule has 0 radical (unpaired) electrons. The summed E-state index contributed by atoms with van der Waals surface area (Å²) in [7, 11) is 3.39. The number of carbonyl (C=O) groups is 2. The summed E-state index contributed by atoms with van der Waals surface area (Å²) in [5, 5.41) is 13.7. The van der Waals surface area contributed by atoms with Gasteiger partial charge in [-0.25, -0.2) is 4.79 Å². The summed E-state index contributed by atoms with van der Waals surface area (Å²) < 4.78 is 12.6. The molecule has 0 atom stereocenters. The molecule has 1 amide bonds. The van der Waals surface area contributed by atoms with Crippen molar-refractivity contribution in [1.82, 2.24) is 9.88 Å². The number of hydrogen-bond acceptors (Lipinski definition) is 4. The molecule has 2 N–H and O–H groups in total. The van der Waals surface area contributed by atoms with E-state index in [0.29, 0.717) is 29.7 Å². The first kappa shape index (κ1) is 21.2. The molecular weight excluding hydrogens is 420 g/mol. The highest BCUT2D eigenvalue weighted by Gasteiger charge is 2.43. The van der Waals surface area contributed by atoms with Crippen molar-refractivity contribution in [3.05, 3.63) is 63.3 Å². The van der Waals surface area contributed by atoms with Gasteiger partial charge in [-0.15, -0.1) is 0 Å². The minimum Gasteiger partial charge on any atom is -0.496 e. The van der Waals surface area contributed by atoms with Gasteiger partial charge in [0.15, 0.2) is 0 Å². The number of carboxylic acid groups (broad SMARTS) is 1. The number of carboxylic acids is 1. The van der Waals surface area contributed by atoms with Gasteiger partial charge in [0.1, 0.15) is 17.0 Å². The van der Waals surface area contributed by atoms with Crippen molar-refractivity contribution < 1.29 is 24.2 Å². The van der Waals surface area contributed by atoms with E-state index in [9.17, 15) is 14.7 Å². The number of ether oxygens (including phenoxy) is 2. The summed E-state index contributed by atoms with van der Waals surface area (Å²) in [6.07, 6.45) is 0. The Hall–Kier alpha value is -3.03. The maximum absolute atomic E-state index is 13.3. The maximum atomic E-state index is 13.3. The van der Waals surface area contributed by atoms with Gasteiger partial charge >= 0.3 is 5.97 Å². The van der Waals surface area contributed by atoms with Crippen LogP contribution in [0, 0.1) is 13.8 Å². The number of aryl methyl sites for hydroxylation is 2. The number of nitrogens with zero attached hydrogens (tertiary/aromatic N) is 1. The molecule has 2 heterocycles. The normalized spacial score (nSPS) is 14.9. The predicted molar refractivity (Wildman–Crippen MR) is 117 cm³/mol. The highest BCUT2D eigenvalue weighted by Crippen LogP contribution is 2.37. The molecule has 0 spiro atoms. The maximum Gasteiger partial charge on any atom is 0.335 e. The molecule has 8 heteroatoms. The Kier molecular flexibility index (Phi) is 5.19. The van der Waals surface area contributed by atoms with Gasteiger partial charge in [0.25, 0.3) is 5.91 Å². The van der Waals surface area contributed by atoms with Crippen LogP contribution in [0.5, 0.6) is 5.75 Å². The fourth-order valence-corrected chi connectivity index (χ4v) is 4.40. The molecule has 0 saturated carbocycles. The number of methoxy groups -OCH3 is 1. The van der Waals surface area contributed by atoms with Gasteiger partial charge in [-0.3, -0.25) is 4.79 Å². The lowest BCUT2D eigenvalue weighted by Crippen LogP contribution is -2.59. The van der Waals surface area contributed by atoms with Crippen LogP contribution in [0.1, 0.15) is 37.5 Å². The van der Waals surface area contributed by atoms with Crippen LogP contribution in [-0.2, 0) is 17.3 Å². The number of aromatic carboxylic acids is 1. The zero-order chi connectivity index (χ0) is 22.5. The number of rotatable bonds is 5. The van der Waals surface area contributed by atoms with Crippen LogP contribution >= 0.6 is 11.6 Å². The monoisotopic (exact) mass is 442 g/mol.